The van der Waals surface area contributed by atoms with E-state index in [4.69, 9.17) is 4.42 Å². The Hall–Kier alpha value is -1.86. The van der Waals surface area contributed by atoms with Gasteiger partial charge in [0.15, 0.2) is 10.9 Å². The van der Waals surface area contributed by atoms with Gasteiger partial charge in [-0.25, -0.2) is 0 Å². The molecule has 1 aliphatic carbocycles. The van der Waals surface area contributed by atoms with Crippen molar-refractivity contribution < 1.29 is 9.21 Å². The molecule has 0 saturated heterocycles. The lowest BCUT2D eigenvalue weighted by Crippen LogP contribution is -2.15. The van der Waals surface area contributed by atoms with Crippen molar-refractivity contribution >= 4 is 33.5 Å². The van der Waals surface area contributed by atoms with Crippen LogP contribution >= 0.6 is 27.7 Å². The van der Waals surface area contributed by atoms with Gasteiger partial charge < -0.3 is 4.42 Å². The Labute approximate surface area is 164 Å². The lowest BCUT2D eigenvalue weighted by Gasteiger charge is -2.12. The molecule has 2 heterocycles. The number of hydrogen-bond acceptors (Lipinski definition) is 5. The molecule has 1 atom stereocenters. The second-order valence-corrected chi connectivity index (χ2v) is 8.64. The number of Topliss-reactive ketones (excluding diaryl/α,β-unsaturated/α-hetero) is 1. The fourth-order valence-corrected chi connectivity index (χ4v) is 4.00. The van der Waals surface area contributed by atoms with Gasteiger partial charge in [0.1, 0.15) is 11.6 Å². The van der Waals surface area contributed by atoms with Gasteiger partial charge in [0.05, 0.1) is 18.1 Å². The SMILES string of the molecule is CC(Sc1nnc(C2CC2)n1Cc1ccco1)C(=O)c1ccc(Br)cc1. The Bertz CT molecular complexity index is 902. The molecule has 26 heavy (non-hydrogen) atoms. The van der Waals surface area contributed by atoms with E-state index in [1.807, 2.05) is 43.3 Å². The van der Waals surface area contributed by atoms with E-state index in [0.29, 0.717) is 18.0 Å². The summed E-state index contributed by atoms with van der Waals surface area (Å²) in [7, 11) is 0. The maximum atomic E-state index is 12.7. The first-order valence-corrected chi connectivity index (χ1v) is 10.2. The third-order valence-electron chi connectivity index (χ3n) is 4.36. The number of halogens is 1. The van der Waals surface area contributed by atoms with Crippen LogP contribution in [0.1, 0.15) is 47.6 Å². The molecule has 1 fully saturated rings. The molecular weight excluding hydrogens is 414 g/mol. The largest absolute Gasteiger partial charge is 0.467 e. The summed E-state index contributed by atoms with van der Waals surface area (Å²) in [6.45, 7) is 2.51. The predicted octanol–water partition coefficient (Wildman–Crippen LogP) is 4.92. The maximum Gasteiger partial charge on any atom is 0.192 e. The number of carbonyl (C=O) groups is 1. The van der Waals surface area contributed by atoms with Crippen LogP contribution in [0.25, 0.3) is 0 Å². The van der Waals surface area contributed by atoms with Crippen molar-refractivity contribution in [3.05, 3.63) is 64.3 Å². The van der Waals surface area contributed by atoms with Gasteiger partial charge in [-0.15, -0.1) is 10.2 Å². The second-order valence-electron chi connectivity index (χ2n) is 6.41. The molecule has 0 amide bonds. The van der Waals surface area contributed by atoms with Crippen molar-refractivity contribution in [3.8, 4) is 0 Å². The van der Waals surface area contributed by atoms with E-state index < -0.39 is 0 Å². The first-order chi connectivity index (χ1) is 12.6. The van der Waals surface area contributed by atoms with Crippen LogP contribution in [0.4, 0.5) is 0 Å². The number of thioether (sulfide) groups is 1. The molecule has 2 aromatic heterocycles. The van der Waals surface area contributed by atoms with Crippen molar-refractivity contribution in [1.29, 1.82) is 0 Å². The fraction of sp³-hybridized carbons (Fsp3) is 0.316. The predicted molar refractivity (Wildman–Crippen MR) is 104 cm³/mol. The highest BCUT2D eigenvalue weighted by Crippen LogP contribution is 2.40. The van der Waals surface area contributed by atoms with Crippen molar-refractivity contribution in [3.63, 3.8) is 0 Å². The van der Waals surface area contributed by atoms with Gasteiger partial charge in [0.25, 0.3) is 0 Å². The topological polar surface area (TPSA) is 60.9 Å². The molecule has 134 valence electrons. The summed E-state index contributed by atoms with van der Waals surface area (Å²) in [5.74, 6) is 2.42. The number of nitrogens with zero attached hydrogens (tertiary/aromatic N) is 3. The summed E-state index contributed by atoms with van der Waals surface area (Å²) in [5, 5.41) is 9.27. The minimum Gasteiger partial charge on any atom is -0.467 e. The summed E-state index contributed by atoms with van der Waals surface area (Å²) in [6.07, 6.45) is 3.96. The van der Waals surface area contributed by atoms with Crippen LogP contribution in [-0.4, -0.2) is 25.8 Å². The molecule has 0 bridgehead atoms. The molecule has 0 spiro atoms. The van der Waals surface area contributed by atoms with Crippen molar-refractivity contribution in [1.82, 2.24) is 14.8 Å². The van der Waals surface area contributed by atoms with Gasteiger partial charge in [-0.1, -0.05) is 39.8 Å². The highest BCUT2D eigenvalue weighted by atomic mass is 79.9. The van der Waals surface area contributed by atoms with Crippen LogP contribution in [0.5, 0.6) is 0 Å². The molecule has 5 nitrogen and oxygen atoms in total. The smallest absolute Gasteiger partial charge is 0.192 e. The van der Waals surface area contributed by atoms with Crippen LogP contribution in [0.15, 0.2) is 56.7 Å². The van der Waals surface area contributed by atoms with Crippen LogP contribution in [0.2, 0.25) is 0 Å². The van der Waals surface area contributed by atoms with Gasteiger partial charge in [-0.2, -0.15) is 0 Å². The summed E-state index contributed by atoms with van der Waals surface area (Å²) in [5.41, 5.74) is 0.702. The molecule has 0 radical (unpaired) electrons. The van der Waals surface area contributed by atoms with Crippen LogP contribution in [0, 0.1) is 0 Å². The van der Waals surface area contributed by atoms with Crippen molar-refractivity contribution in [2.24, 2.45) is 0 Å². The summed E-state index contributed by atoms with van der Waals surface area (Å²) in [4.78, 5) is 12.7. The monoisotopic (exact) mass is 431 g/mol. The van der Waals surface area contributed by atoms with Gasteiger partial charge in [-0.3, -0.25) is 9.36 Å². The molecule has 1 aromatic carbocycles. The number of furan rings is 1. The molecule has 4 rings (SSSR count). The van der Waals surface area contributed by atoms with Crippen LogP contribution in [-0.2, 0) is 6.54 Å². The van der Waals surface area contributed by atoms with E-state index in [-0.39, 0.29) is 11.0 Å². The molecule has 3 aromatic rings. The summed E-state index contributed by atoms with van der Waals surface area (Å²) in [6, 6.07) is 11.3. The molecule has 7 heteroatoms. The van der Waals surface area contributed by atoms with Crippen LogP contribution in [0.3, 0.4) is 0 Å². The Balaban J connectivity index is 1.55. The molecular formula is C19H18BrN3O2S. The highest BCUT2D eigenvalue weighted by Gasteiger charge is 2.31. The van der Waals surface area contributed by atoms with Gasteiger partial charge in [-0.05, 0) is 44.0 Å². The third-order valence-corrected chi connectivity index (χ3v) is 5.97. The fourth-order valence-electron chi connectivity index (χ4n) is 2.80. The quantitative estimate of drug-likeness (QED) is 0.392. The van der Waals surface area contributed by atoms with Crippen LogP contribution < -0.4 is 0 Å². The standard InChI is InChI=1S/C19H18BrN3O2S/c1-12(17(24)13-6-8-15(20)9-7-13)26-19-22-21-18(14-4-5-14)23(19)11-16-3-2-10-25-16/h2-3,6-10,12,14H,4-5,11H2,1H3. The number of carbonyl (C=O) groups excluding carboxylic acids is 1. The number of ketones is 1. The lowest BCUT2D eigenvalue weighted by molar-refractivity contribution is 0.0994. The Morgan fingerprint density at radius 3 is 2.73 bits per heavy atom. The first kappa shape index (κ1) is 17.5. The maximum absolute atomic E-state index is 12.7. The van der Waals surface area contributed by atoms with E-state index in [2.05, 4.69) is 30.7 Å². The highest BCUT2D eigenvalue weighted by molar-refractivity contribution is 9.10. The van der Waals surface area contributed by atoms with Crippen molar-refractivity contribution in [2.45, 2.75) is 42.6 Å². The number of aromatic nitrogens is 3. The number of benzene rings is 1. The van der Waals surface area contributed by atoms with E-state index in [9.17, 15) is 4.79 Å². The molecule has 1 aliphatic rings. The van der Waals surface area contributed by atoms with E-state index >= 15 is 0 Å². The Morgan fingerprint density at radius 2 is 2.08 bits per heavy atom. The average molecular weight is 432 g/mol. The Kier molecular flexibility index (Phi) is 5.00. The van der Waals surface area contributed by atoms with E-state index in [0.717, 1.165) is 34.1 Å². The zero-order valence-corrected chi connectivity index (χ0v) is 16.7. The van der Waals surface area contributed by atoms with E-state index in [1.165, 1.54) is 11.8 Å². The third kappa shape index (κ3) is 3.78. The van der Waals surface area contributed by atoms with Crippen molar-refractivity contribution in [2.75, 3.05) is 0 Å². The minimum atomic E-state index is -0.247. The van der Waals surface area contributed by atoms with Gasteiger partial charge in [0.2, 0.25) is 0 Å². The van der Waals surface area contributed by atoms with Gasteiger partial charge >= 0.3 is 0 Å². The molecule has 0 aliphatic heterocycles. The summed E-state index contributed by atoms with van der Waals surface area (Å²) < 4.78 is 8.54. The first-order valence-electron chi connectivity index (χ1n) is 8.53. The minimum absolute atomic E-state index is 0.0861. The molecule has 0 N–H and O–H groups in total. The Morgan fingerprint density at radius 1 is 1.31 bits per heavy atom. The number of hydrogen-bond donors (Lipinski definition) is 0. The average Bonchev–Trinajstić information content (AvgIpc) is 3.21. The zero-order valence-electron chi connectivity index (χ0n) is 14.3. The normalized spacial score (nSPS) is 15.2. The number of rotatable bonds is 7. The lowest BCUT2D eigenvalue weighted by atomic mass is 10.1. The van der Waals surface area contributed by atoms with Gasteiger partial charge in [0, 0.05) is 16.0 Å². The molecule has 1 saturated carbocycles. The van der Waals surface area contributed by atoms with E-state index in [1.54, 1.807) is 6.26 Å². The summed E-state index contributed by atoms with van der Waals surface area (Å²) >= 11 is 4.85. The molecule has 1 unspecified atom stereocenters. The second kappa shape index (κ2) is 7.40. The zero-order chi connectivity index (χ0) is 18.1.